The molecule has 164 valence electrons. The first-order valence-corrected chi connectivity index (χ1v) is 10.8. The molecule has 2 rings (SSSR count). The van der Waals surface area contributed by atoms with Crippen molar-refractivity contribution in [3.63, 3.8) is 0 Å². The van der Waals surface area contributed by atoms with Crippen molar-refractivity contribution in [3.05, 3.63) is 35.9 Å². The Bertz CT molecular complexity index is 600. The third-order valence-electron chi connectivity index (χ3n) is 5.29. The van der Waals surface area contributed by atoms with Gasteiger partial charge in [-0.2, -0.15) is 0 Å². The van der Waals surface area contributed by atoms with Crippen LogP contribution in [0.1, 0.15) is 51.6 Å². The Hall–Kier alpha value is -1.35. The standard InChI is InChI=1S/C22H37N5O.HI/c1-4-23-22(24-15-14-21(28)27-16-10-11-17-27)25-18-20(26(5-2)6-3)19-12-8-7-9-13-19;/h7-9,12-13,20H,4-6,10-11,14-18H2,1-3H3,(H2,23,24,25);1H. The average Bonchev–Trinajstić information content (AvgIpc) is 3.26. The van der Waals surface area contributed by atoms with Gasteiger partial charge in [0.05, 0.1) is 12.6 Å². The second-order valence-corrected chi connectivity index (χ2v) is 7.13. The zero-order valence-corrected chi connectivity index (χ0v) is 20.5. The van der Waals surface area contributed by atoms with Crippen LogP contribution in [-0.2, 0) is 4.79 Å². The molecule has 1 saturated heterocycles. The van der Waals surface area contributed by atoms with E-state index in [0.717, 1.165) is 51.5 Å². The van der Waals surface area contributed by atoms with E-state index >= 15 is 0 Å². The molecule has 1 aliphatic rings. The van der Waals surface area contributed by atoms with Gasteiger partial charge < -0.3 is 15.5 Å². The number of likely N-dealkylation sites (N-methyl/N-ethyl adjacent to an activating group) is 1. The minimum absolute atomic E-state index is 0. The molecule has 1 fully saturated rings. The van der Waals surface area contributed by atoms with Gasteiger partial charge in [0, 0.05) is 32.6 Å². The number of benzene rings is 1. The number of carbonyl (C=O) groups is 1. The third-order valence-corrected chi connectivity index (χ3v) is 5.29. The number of hydrogen-bond donors (Lipinski definition) is 2. The first-order valence-electron chi connectivity index (χ1n) is 10.8. The maximum absolute atomic E-state index is 12.2. The van der Waals surface area contributed by atoms with Crippen LogP contribution in [0.15, 0.2) is 35.3 Å². The van der Waals surface area contributed by atoms with E-state index in [0.29, 0.717) is 19.5 Å². The van der Waals surface area contributed by atoms with Crippen LogP contribution in [0.25, 0.3) is 0 Å². The number of halogens is 1. The zero-order chi connectivity index (χ0) is 20.2. The molecule has 0 radical (unpaired) electrons. The Morgan fingerprint density at radius 3 is 2.34 bits per heavy atom. The molecule has 1 aromatic carbocycles. The van der Waals surface area contributed by atoms with Crippen LogP contribution in [0.3, 0.4) is 0 Å². The van der Waals surface area contributed by atoms with Crippen molar-refractivity contribution in [1.82, 2.24) is 20.4 Å². The van der Waals surface area contributed by atoms with E-state index in [-0.39, 0.29) is 35.9 Å². The van der Waals surface area contributed by atoms with E-state index in [4.69, 9.17) is 4.99 Å². The normalized spacial score (nSPS) is 15.2. The van der Waals surface area contributed by atoms with E-state index in [1.54, 1.807) is 0 Å². The SMILES string of the molecule is CCNC(=NCC(c1ccccc1)N(CC)CC)NCCC(=O)N1CCCC1.I. The highest BCUT2D eigenvalue weighted by Crippen LogP contribution is 2.20. The summed E-state index contributed by atoms with van der Waals surface area (Å²) in [6.45, 7) is 12.3. The summed E-state index contributed by atoms with van der Waals surface area (Å²) in [6, 6.07) is 10.8. The quantitative estimate of drug-likeness (QED) is 0.286. The number of rotatable bonds is 10. The van der Waals surface area contributed by atoms with Crippen molar-refractivity contribution in [2.45, 2.75) is 46.1 Å². The molecule has 0 aliphatic carbocycles. The highest BCUT2D eigenvalue weighted by molar-refractivity contribution is 14.0. The third kappa shape index (κ3) is 8.50. The van der Waals surface area contributed by atoms with E-state index in [1.165, 1.54) is 5.56 Å². The van der Waals surface area contributed by atoms with E-state index < -0.39 is 0 Å². The van der Waals surface area contributed by atoms with Crippen LogP contribution in [0.4, 0.5) is 0 Å². The summed E-state index contributed by atoms with van der Waals surface area (Å²) < 4.78 is 0. The lowest BCUT2D eigenvalue weighted by Crippen LogP contribution is -2.40. The molecular weight excluding hydrogens is 477 g/mol. The molecule has 6 nitrogen and oxygen atoms in total. The second-order valence-electron chi connectivity index (χ2n) is 7.13. The van der Waals surface area contributed by atoms with Gasteiger partial charge in [-0.1, -0.05) is 44.2 Å². The van der Waals surface area contributed by atoms with Crippen LogP contribution in [0.5, 0.6) is 0 Å². The monoisotopic (exact) mass is 515 g/mol. The molecule has 0 aromatic heterocycles. The minimum Gasteiger partial charge on any atom is -0.357 e. The van der Waals surface area contributed by atoms with Gasteiger partial charge in [0.2, 0.25) is 5.91 Å². The molecule has 1 unspecified atom stereocenters. The Morgan fingerprint density at radius 1 is 1.10 bits per heavy atom. The number of nitrogens with one attached hydrogen (secondary N) is 2. The summed E-state index contributed by atoms with van der Waals surface area (Å²) in [4.78, 5) is 21.5. The van der Waals surface area contributed by atoms with Gasteiger partial charge in [-0.05, 0) is 38.4 Å². The summed E-state index contributed by atoms with van der Waals surface area (Å²) in [6.07, 6.45) is 2.79. The Labute approximate surface area is 193 Å². The Balaban J connectivity index is 0.00000420. The first kappa shape index (κ1) is 25.7. The summed E-state index contributed by atoms with van der Waals surface area (Å²) in [5, 5.41) is 6.63. The molecule has 29 heavy (non-hydrogen) atoms. The van der Waals surface area contributed by atoms with Crippen LogP contribution in [0, 0.1) is 0 Å². The Kier molecular flexibility index (Phi) is 12.9. The number of guanidine groups is 1. The summed E-state index contributed by atoms with van der Waals surface area (Å²) in [5.74, 6) is 1.02. The molecule has 0 saturated carbocycles. The summed E-state index contributed by atoms with van der Waals surface area (Å²) >= 11 is 0. The van der Waals surface area contributed by atoms with Gasteiger partial charge in [0.25, 0.3) is 0 Å². The lowest BCUT2D eigenvalue weighted by molar-refractivity contribution is -0.129. The fourth-order valence-electron chi connectivity index (χ4n) is 3.70. The van der Waals surface area contributed by atoms with Crippen molar-refractivity contribution in [2.75, 3.05) is 45.8 Å². The molecule has 0 bridgehead atoms. The fraction of sp³-hybridized carbons (Fsp3) is 0.636. The van der Waals surface area contributed by atoms with Crippen LogP contribution >= 0.6 is 24.0 Å². The lowest BCUT2D eigenvalue weighted by Gasteiger charge is -2.29. The summed E-state index contributed by atoms with van der Waals surface area (Å²) in [7, 11) is 0. The molecule has 1 amide bonds. The molecule has 1 atom stereocenters. The molecular formula is C22H38IN5O. The number of amides is 1. The topological polar surface area (TPSA) is 60.0 Å². The highest BCUT2D eigenvalue weighted by atomic mass is 127. The number of hydrogen-bond acceptors (Lipinski definition) is 3. The van der Waals surface area contributed by atoms with Crippen molar-refractivity contribution in [1.29, 1.82) is 0 Å². The minimum atomic E-state index is 0. The highest BCUT2D eigenvalue weighted by Gasteiger charge is 2.19. The molecule has 2 N–H and O–H groups in total. The van der Waals surface area contributed by atoms with E-state index in [9.17, 15) is 4.79 Å². The number of aliphatic imine (C=N–C) groups is 1. The smallest absolute Gasteiger partial charge is 0.224 e. The van der Waals surface area contributed by atoms with Crippen molar-refractivity contribution in [3.8, 4) is 0 Å². The maximum Gasteiger partial charge on any atom is 0.224 e. The van der Waals surface area contributed by atoms with Gasteiger partial charge in [-0.15, -0.1) is 24.0 Å². The van der Waals surface area contributed by atoms with Gasteiger partial charge in [0.1, 0.15) is 0 Å². The van der Waals surface area contributed by atoms with Gasteiger partial charge in [-0.25, -0.2) is 0 Å². The second kappa shape index (κ2) is 14.6. The molecule has 1 aromatic rings. The maximum atomic E-state index is 12.2. The van der Waals surface area contributed by atoms with Gasteiger partial charge in [-0.3, -0.25) is 14.7 Å². The predicted molar refractivity (Wildman–Crippen MR) is 132 cm³/mol. The molecule has 7 heteroatoms. The zero-order valence-electron chi connectivity index (χ0n) is 18.2. The van der Waals surface area contributed by atoms with Crippen molar-refractivity contribution >= 4 is 35.8 Å². The van der Waals surface area contributed by atoms with Gasteiger partial charge in [0.15, 0.2) is 5.96 Å². The molecule has 1 heterocycles. The number of likely N-dealkylation sites (tertiary alicyclic amines) is 1. The van der Waals surface area contributed by atoms with Crippen LogP contribution < -0.4 is 10.6 Å². The average molecular weight is 515 g/mol. The van der Waals surface area contributed by atoms with Gasteiger partial charge >= 0.3 is 0 Å². The number of carbonyl (C=O) groups excluding carboxylic acids is 1. The fourth-order valence-corrected chi connectivity index (χ4v) is 3.70. The first-order chi connectivity index (χ1) is 13.7. The van der Waals surface area contributed by atoms with Crippen LogP contribution in [-0.4, -0.2) is 67.5 Å². The summed E-state index contributed by atoms with van der Waals surface area (Å²) in [5.41, 5.74) is 1.29. The van der Waals surface area contributed by atoms with Crippen molar-refractivity contribution < 1.29 is 4.79 Å². The lowest BCUT2D eigenvalue weighted by atomic mass is 10.1. The number of nitrogens with zero attached hydrogens (tertiary/aromatic N) is 3. The van der Waals surface area contributed by atoms with E-state index in [1.807, 2.05) is 4.90 Å². The molecule has 1 aliphatic heterocycles. The molecule has 0 spiro atoms. The Morgan fingerprint density at radius 2 is 1.76 bits per heavy atom. The van der Waals surface area contributed by atoms with Crippen molar-refractivity contribution in [2.24, 2.45) is 4.99 Å². The van der Waals surface area contributed by atoms with E-state index in [2.05, 4.69) is 66.6 Å². The predicted octanol–water partition coefficient (Wildman–Crippen LogP) is 3.26. The largest absolute Gasteiger partial charge is 0.357 e. The van der Waals surface area contributed by atoms with Crippen LogP contribution in [0.2, 0.25) is 0 Å².